The smallest absolute Gasteiger partial charge is 0.337 e. The van der Waals surface area contributed by atoms with E-state index in [0.29, 0.717) is 11.3 Å². The Bertz CT molecular complexity index is 696. The molecule has 2 aromatic rings. The molecule has 0 saturated heterocycles. The molecule has 0 aliphatic heterocycles. The number of amides is 1. The predicted molar refractivity (Wildman–Crippen MR) is 92.5 cm³/mol. The monoisotopic (exact) mass is 327 g/mol. The van der Waals surface area contributed by atoms with Crippen molar-refractivity contribution < 1.29 is 14.3 Å². The summed E-state index contributed by atoms with van der Waals surface area (Å²) in [6.07, 6.45) is 2.46. The molecule has 0 saturated carbocycles. The van der Waals surface area contributed by atoms with Crippen molar-refractivity contribution in [2.24, 2.45) is 0 Å². The van der Waals surface area contributed by atoms with Gasteiger partial charge in [0.2, 0.25) is 0 Å². The molecule has 0 aliphatic rings. The average molecular weight is 327 g/mol. The highest BCUT2D eigenvalue weighted by atomic mass is 16.5. The average Bonchev–Trinajstić information content (AvgIpc) is 2.62. The van der Waals surface area contributed by atoms with Crippen LogP contribution < -0.4 is 10.6 Å². The first-order valence-electron chi connectivity index (χ1n) is 7.75. The number of hydrogen-bond acceptors (Lipinski definition) is 5. The third-order valence-corrected chi connectivity index (χ3v) is 3.58. The quantitative estimate of drug-likeness (QED) is 0.797. The van der Waals surface area contributed by atoms with Gasteiger partial charge >= 0.3 is 5.97 Å². The van der Waals surface area contributed by atoms with E-state index in [0.717, 1.165) is 17.8 Å². The number of carbonyl (C=O) groups is 2. The van der Waals surface area contributed by atoms with Crippen LogP contribution in [-0.4, -0.2) is 30.0 Å². The van der Waals surface area contributed by atoms with E-state index in [1.54, 1.807) is 42.6 Å². The minimum absolute atomic E-state index is 0.116. The summed E-state index contributed by atoms with van der Waals surface area (Å²) in [5.41, 5.74) is 2.42. The molecule has 1 heterocycles. The Morgan fingerprint density at radius 2 is 1.79 bits per heavy atom. The lowest BCUT2D eigenvalue weighted by molar-refractivity contribution is 0.0600. The van der Waals surface area contributed by atoms with Crippen LogP contribution in [0, 0.1) is 0 Å². The Morgan fingerprint density at radius 3 is 2.33 bits per heavy atom. The van der Waals surface area contributed by atoms with E-state index < -0.39 is 0 Å². The molecule has 1 unspecified atom stereocenters. The number of nitrogens with zero attached hydrogens (tertiary/aromatic N) is 1. The second-order valence-electron chi connectivity index (χ2n) is 5.41. The number of aromatic nitrogens is 1. The van der Waals surface area contributed by atoms with Gasteiger partial charge < -0.3 is 15.4 Å². The zero-order valence-electron chi connectivity index (χ0n) is 14.0. The summed E-state index contributed by atoms with van der Waals surface area (Å²) in [5.74, 6) is -0.557. The summed E-state index contributed by atoms with van der Waals surface area (Å²) in [5, 5.41) is 6.03. The first kappa shape index (κ1) is 17.5. The van der Waals surface area contributed by atoms with Crippen molar-refractivity contribution in [1.29, 1.82) is 0 Å². The van der Waals surface area contributed by atoms with Gasteiger partial charge in [-0.25, -0.2) is 9.78 Å². The normalized spacial score (nSPS) is 11.5. The minimum Gasteiger partial charge on any atom is -0.465 e. The van der Waals surface area contributed by atoms with E-state index in [1.807, 2.05) is 13.8 Å². The number of ether oxygens (including phenoxy) is 1. The van der Waals surface area contributed by atoms with Crippen LogP contribution in [0.2, 0.25) is 0 Å². The molecule has 0 bridgehead atoms. The van der Waals surface area contributed by atoms with Crippen LogP contribution in [0.4, 0.5) is 11.4 Å². The van der Waals surface area contributed by atoms with Gasteiger partial charge in [-0.15, -0.1) is 0 Å². The molecular formula is C18H21N3O3. The predicted octanol–water partition coefficient (Wildman–Crippen LogP) is 3.14. The highest BCUT2D eigenvalue weighted by molar-refractivity contribution is 5.92. The molecule has 1 aromatic carbocycles. The van der Waals surface area contributed by atoms with Gasteiger partial charge in [0.1, 0.15) is 5.69 Å². The second kappa shape index (κ2) is 8.10. The van der Waals surface area contributed by atoms with Crippen molar-refractivity contribution in [3.63, 3.8) is 0 Å². The summed E-state index contributed by atoms with van der Waals surface area (Å²) in [6.45, 7) is 3.96. The van der Waals surface area contributed by atoms with Gasteiger partial charge in [-0.3, -0.25) is 4.79 Å². The molecule has 1 aromatic heterocycles. The number of anilines is 2. The Labute approximate surface area is 141 Å². The number of benzene rings is 1. The number of nitrogens with one attached hydrogen (secondary N) is 2. The van der Waals surface area contributed by atoms with Crippen molar-refractivity contribution >= 4 is 23.3 Å². The third-order valence-electron chi connectivity index (χ3n) is 3.58. The molecule has 0 spiro atoms. The first-order chi connectivity index (χ1) is 11.5. The van der Waals surface area contributed by atoms with Crippen molar-refractivity contribution in [3.8, 4) is 0 Å². The molecule has 1 atom stereocenters. The van der Waals surface area contributed by atoms with Crippen LogP contribution in [0.1, 0.15) is 41.1 Å². The van der Waals surface area contributed by atoms with Gasteiger partial charge in [0.15, 0.2) is 0 Å². The molecule has 24 heavy (non-hydrogen) atoms. The molecule has 0 fully saturated rings. The molecular weight excluding hydrogens is 306 g/mol. The van der Waals surface area contributed by atoms with Gasteiger partial charge in [0, 0.05) is 11.7 Å². The second-order valence-corrected chi connectivity index (χ2v) is 5.41. The van der Waals surface area contributed by atoms with Crippen LogP contribution in [-0.2, 0) is 4.74 Å². The number of methoxy groups -OCH3 is 1. The van der Waals surface area contributed by atoms with Crippen LogP contribution in [0.25, 0.3) is 0 Å². The maximum atomic E-state index is 12.0. The Kier molecular flexibility index (Phi) is 5.89. The SMILES string of the molecule is CCC(C)NC(=O)c1ccc(Nc2ccc(C(=O)OC)cc2)cn1. The third kappa shape index (κ3) is 4.55. The van der Waals surface area contributed by atoms with E-state index in [-0.39, 0.29) is 17.9 Å². The summed E-state index contributed by atoms with van der Waals surface area (Å²) >= 11 is 0. The maximum absolute atomic E-state index is 12.0. The fourth-order valence-electron chi connectivity index (χ4n) is 1.98. The van der Waals surface area contributed by atoms with Gasteiger partial charge in [0.05, 0.1) is 24.6 Å². The number of pyridine rings is 1. The minimum atomic E-state index is -0.375. The number of hydrogen-bond donors (Lipinski definition) is 2. The lowest BCUT2D eigenvalue weighted by Gasteiger charge is -2.11. The van der Waals surface area contributed by atoms with E-state index in [4.69, 9.17) is 0 Å². The molecule has 1 amide bonds. The zero-order valence-corrected chi connectivity index (χ0v) is 14.0. The van der Waals surface area contributed by atoms with Crippen LogP contribution in [0.5, 0.6) is 0 Å². The molecule has 6 nitrogen and oxygen atoms in total. The van der Waals surface area contributed by atoms with Gasteiger partial charge in [-0.1, -0.05) is 6.92 Å². The Balaban J connectivity index is 2.01. The number of rotatable bonds is 6. The van der Waals surface area contributed by atoms with Gasteiger partial charge in [-0.05, 0) is 49.7 Å². The maximum Gasteiger partial charge on any atom is 0.337 e. The van der Waals surface area contributed by atoms with Crippen LogP contribution >= 0.6 is 0 Å². The zero-order chi connectivity index (χ0) is 17.5. The van der Waals surface area contributed by atoms with Gasteiger partial charge in [-0.2, -0.15) is 0 Å². The lowest BCUT2D eigenvalue weighted by Crippen LogP contribution is -2.32. The molecule has 126 valence electrons. The standard InChI is InChI=1S/C18H21N3O3/c1-4-12(2)20-17(22)16-10-9-15(11-19-16)21-14-7-5-13(6-8-14)18(23)24-3/h5-12,21H,4H2,1-3H3,(H,20,22). The van der Waals surface area contributed by atoms with Crippen LogP contribution in [0.3, 0.4) is 0 Å². The molecule has 6 heteroatoms. The van der Waals surface area contributed by atoms with E-state index >= 15 is 0 Å². The molecule has 0 radical (unpaired) electrons. The Morgan fingerprint density at radius 1 is 1.12 bits per heavy atom. The fourth-order valence-corrected chi connectivity index (χ4v) is 1.98. The number of carbonyl (C=O) groups excluding carboxylic acids is 2. The fraction of sp³-hybridized carbons (Fsp3) is 0.278. The number of esters is 1. The summed E-state index contributed by atoms with van der Waals surface area (Å²) in [7, 11) is 1.35. The topological polar surface area (TPSA) is 80.3 Å². The Hall–Kier alpha value is -2.89. The molecule has 2 N–H and O–H groups in total. The van der Waals surface area contributed by atoms with E-state index in [1.165, 1.54) is 7.11 Å². The van der Waals surface area contributed by atoms with Crippen molar-refractivity contribution in [2.75, 3.05) is 12.4 Å². The summed E-state index contributed by atoms with van der Waals surface area (Å²) < 4.78 is 4.66. The van der Waals surface area contributed by atoms with E-state index in [9.17, 15) is 9.59 Å². The van der Waals surface area contributed by atoms with Crippen LogP contribution in [0.15, 0.2) is 42.6 Å². The largest absolute Gasteiger partial charge is 0.465 e. The first-order valence-corrected chi connectivity index (χ1v) is 7.75. The summed E-state index contributed by atoms with van der Waals surface area (Å²) in [6, 6.07) is 10.5. The van der Waals surface area contributed by atoms with E-state index in [2.05, 4.69) is 20.4 Å². The van der Waals surface area contributed by atoms with Crippen molar-refractivity contribution in [3.05, 3.63) is 53.9 Å². The summed E-state index contributed by atoms with van der Waals surface area (Å²) in [4.78, 5) is 27.5. The molecule has 2 rings (SSSR count). The highest BCUT2D eigenvalue weighted by Gasteiger charge is 2.10. The van der Waals surface area contributed by atoms with Crippen molar-refractivity contribution in [1.82, 2.24) is 10.3 Å². The molecule has 0 aliphatic carbocycles. The highest BCUT2D eigenvalue weighted by Crippen LogP contribution is 2.17. The van der Waals surface area contributed by atoms with Crippen molar-refractivity contribution in [2.45, 2.75) is 26.3 Å². The van der Waals surface area contributed by atoms with Gasteiger partial charge in [0.25, 0.3) is 5.91 Å². The lowest BCUT2D eigenvalue weighted by atomic mass is 10.2.